The van der Waals surface area contributed by atoms with Crippen molar-refractivity contribution in [3.8, 4) is 0 Å². The number of hydrogen-bond acceptors (Lipinski definition) is 3. The van der Waals surface area contributed by atoms with E-state index in [2.05, 4.69) is 13.5 Å². The quantitative estimate of drug-likeness (QED) is 0.682. The molecule has 1 rings (SSSR count). The van der Waals surface area contributed by atoms with E-state index in [0.717, 1.165) is 12.8 Å². The molecule has 0 amide bonds. The number of carbonyl (C=O) groups is 1. The van der Waals surface area contributed by atoms with Gasteiger partial charge in [0.1, 0.15) is 5.76 Å². The Morgan fingerprint density at radius 3 is 2.73 bits per heavy atom. The summed E-state index contributed by atoms with van der Waals surface area (Å²) in [5.41, 5.74) is -0.789. The average Bonchev–Trinajstić information content (AvgIpc) is 2.23. The van der Waals surface area contributed by atoms with Gasteiger partial charge in [-0.3, -0.25) is 4.79 Å². The first-order chi connectivity index (χ1) is 7.11. The molecule has 3 heteroatoms. The zero-order valence-electron chi connectivity index (χ0n) is 9.38. The van der Waals surface area contributed by atoms with Crippen LogP contribution in [0.5, 0.6) is 0 Å². The molecule has 84 valence electrons. The van der Waals surface area contributed by atoms with Gasteiger partial charge in [-0.15, -0.1) is 6.58 Å². The minimum atomic E-state index is -1.43. The number of Topliss-reactive ketones (excluding diaryl/α,β-unsaturated/α-hetero) is 1. The van der Waals surface area contributed by atoms with E-state index in [1.165, 1.54) is 13.2 Å². The van der Waals surface area contributed by atoms with Gasteiger partial charge in [-0.2, -0.15) is 0 Å². The molecule has 0 aromatic carbocycles. The predicted octanol–water partition coefficient (Wildman–Crippen LogP) is 1.97. The van der Waals surface area contributed by atoms with Crippen molar-refractivity contribution in [3.63, 3.8) is 0 Å². The van der Waals surface area contributed by atoms with E-state index in [0.29, 0.717) is 17.8 Å². The van der Waals surface area contributed by atoms with Crippen LogP contribution in [0.4, 0.5) is 0 Å². The molecule has 0 saturated carbocycles. The molecule has 0 spiro atoms. The van der Waals surface area contributed by atoms with Crippen LogP contribution >= 0.6 is 0 Å². The molecule has 3 nitrogen and oxygen atoms in total. The first-order valence-electron chi connectivity index (χ1n) is 5.27. The topological polar surface area (TPSA) is 46.5 Å². The summed E-state index contributed by atoms with van der Waals surface area (Å²) in [4.78, 5) is 11.7. The number of unbranched alkanes of at least 4 members (excludes halogenated alkanes) is 1. The van der Waals surface area contributed by atoms with Crippen LogP contribution in [-0.4, -0.2) is 23.6 Å². The van der Waals surface area contributed by atoms with Gasteiger partial charge in [0, 0.05) is 12.0 Å². The van der Waals surface area contributed by atoms with E-state index in [1.807, 2.05) is 0 Å². The third kappa shape index (κ3) is 1.84. The Morgan fingerprint density at radius 2 is 2.27 bits per heavy atom. The summed E-state index contributed by atoms with van der Waals surface area (Å²) >= 11 is 0. The van der Waals surface area contributed by atoms with Gasteiger partial charge in [0.05, 0.1) is 7.11 Å². The zero-order chi connectivity index (χ0) is 11.5. The van der Waals surface area contributed by atoms with Gasteiger partial charge in [0.25, 0.3) is 0 Å². The van der Waals surface area contributed by atoms with Crippen LogP contribution in [0.2, 0.25) is 0 Å². The van der Waals surface area contributed by atoms with Crippen LogP contribution < -0.4 is 0 Å². The SMILES string of the molecule is C=CCC1(O)C(=O)C(CCCC)=C1OC. The molecule has 15 heavy (non-hydrogen) atoms. The second-order valence-electron chi connectivity index (χ2n) is 3.80. The lowest BCUT2D eigenvalue weighted by molar-refractivity contribution is -0.139. The average molecular weight is 210 g/mol. The lowest BCUT2D eigenvalue weighted by atomic mass is 9.74. The predicted molar refractivity (Wildman–Crippen MR) is 58.3 cm³/mol. The molecule has 1 atom stereocenters. The van der Waals surface area contributed by atoms with Gasteiger partial charge in [-0.1, -0.05) is 19.4 Å². The molecule has 0 aliphatic heterocycles. The zero-order valence-corrected chi connectivity index (χ0v) is 9.38. The van der Waals surface area contributed by atoms with E-state index in [4.69, 9.17) is 4.74 Å². The van der Waals surface area contributed by atoms with Crippen LogP contribution in [0.1, 0.15) is 32.6 Å². The van der Waals surface area contributed by atoms with Crippen LogP contribution in [0.25, 0.3) is 0 Å². The smallest absolute Gasteiger partial charge is 0.201 e. The summed E-state index contributed by atoms with van der Waals surface area (Å²) in [6, 6.07) is 0. The Morgan fingerprint density at radius 1 is 1.60 bits per heavy atom. The largest absolute Gasteiger partial charge is 0.497 e. The lowest BCUT2D eigenvalue weighted by Gasteiger charge is -2.37. The highest BCUT2D eigenvalue weighted by Gasteiger charge is 2.52. The molecule has 0 heterocycles. The van der Waals surface area contributed by atoms with Crippen LogP contribution in [0.15, 0.2) is 24.0 Å². The molecular weight excluding hydrogens is 192 g/mol. The molecule has 1 aliphatic carbocycles. The van der Waals surface area contributed by atoms with Gasteiger partial charge in [0.2, 0.25) is 5.78 Å². The summed E-state index contributed by atoms with van der Waals surface area (Å²) in [5, 5.41) is 10.0. The van der Waals surface area contributed by atoms with Gasteiger partial charge < -0.3 is 9.84 Å². The molecule has 1 aliphatic rings. The van der Waals surface area contributed by atoms with Crippen molar-refractivity contribution in [2.24, 2.45) is 0 Å². The third-order valence-electron chi connectivity index (χ3n) is 2.72. The Kier molecular flexibility index (Phi) is 3.69. The highest BCUT2D eigenvalue weighted by molar-refractivity contribution is 6.11. The number of carbonyl (C=O) groups excluding carboxylic acids is 1. The van der Waals surface area contributed by atoms with E-state index < -0.39 is 5.60 Å². The molecule has 1 N–H and O–H groups in total. The van der Waals surface area contributed by atoms with Crippen molar-refractivity contribution in [2.45, 2.75) is 38.2 Å². The fourth-order valence-electron chi connectivity index (χ4n) is 1.91. The van der Waals surface area contributed by atoms with Crippen LogP contribution in [0, 0.1) is 0 Å². The van der Waals surface area contributed by atoms with Gasteiger partial charge in [-0.25, -0.2) is 0 Å². The summed E-state index contributed by atoms with van der Waals surface area (Å²) in [7, 11) is 1.49. The Balaban J connectivity index is 2.85. The summed E-state index contributed by atoms with van der Waals surface area (Å²) in [6.07, 6.45) is 4.42. The van der Waals surface area contributed by atoms with Crippen molar-refractivity contribution >= 4 is 5.78 Å². The van der Waals surface area contributed by atoms with E-state index in [1.54, 1.807) is 0 Å². The molecule has 0 saturated heterocycles. The van der Waals surface area contributed by atoms with E-state index >= 15 is 0 Å². The lowest BCUT2D eigenvalue weighted by Crippen LogP contribution is -2.51. The molecule has 0 aromatic rings. The molecule has 1 unspecified atom stereocenters. The second-order valence-corrected chi connectivity index (χ2v) is 3.80. The molecular formula is C12H18O3. The standard InChI is InChI=1S/C12H18O3/c1-4-6-7-9-10(13)12(14,8-5-2)11(9)15-3/h5,14H,2,4,6-8H2,1,3H3. The summed E-state index contributed by atoms with van der Waals surface area (Å²) < 4.78 is 5.10. The number of rotatable bonds is 6. The number of ketones is 1. The highest BCUT2D eigenvalue weighted by atomic mass is 16.5. The minimum absolute atomic E-state index is 0.201. The van der Waals surface area contributed by atoms with Crippen molar-refractivity contribution in [3.05, 3.63) is 24.0 Å². The fraction of sp³-hybridized carbons (Fsp3) is 0.583. The van der Waals surface area contributed by atoms with Gasteiger partial charge >= 0.3 is 0 Å². The maximum Gasteiger partial charge on any atom is 0.201 e. The van der Waals surface area contributed by atoms with Gasteiger partial charge in [0.15, 0.2) is 5.60 Å². The Bertz CT molecular complexity index is 304. The van der Waals surface area contributed by atoms with Gasteiger partial charge in [-0.05, 0) is 12.8 Å². The van der Waals surface area contributed by atoms with Crippen molar-refractivity contribution in [1.29, 1.82) is 0 Å². The first kappa shape index (κ1) is 12.0. The maximum atomic E-state index is 11.7. The van der Waals surface area contributed by atoms with Crippen LogP contribution in [0.3, 0.4) is 0 Å². The fourth-order valence-corrected chi connectivity index (χ4v) is 1.91. The number of aliphatic hydroxyl groups is 1. The number of methoxy groups -OCH3 is 1. The highest BCUT2D eigenvalue weighted by Crippen LogP contribution is 2.40. The van der Waals surface area contributed by atoms with E-state index in [-0.39, 0.29) is 12.2 Å². The summed E-state index contributed by atoms with van der Waals surface area (Å²) in [6.45, 7) is 5.59. The normalized spacial score (nSPS) is 25.1. The van der Waals surface area contributed by atoms with Crippen molar-refractivity contribution in [2.75, 3.05) is 7.11 Å². The Hall–Kier alpha value is -1.09. The molecule has 0 bridgehead atoms. The molecule has 0 fully saturated rings. The number of ether oxygens (including phenoxy) is 1. The molecule has 0 aromatic heterocycles. The second kappa shape index (κ2) is 4.62. The third-order valence-corrected chi connectivity index (χ3v) is 2.72. The van der Waals surface area contributed by atoms with Crippen LogP contribution in [-0.2, 0) is 9.53 Å². The molecule has 0 radical (unpaired) electrons. The van der Waals surface area contributed by atoms with Crippen molar-refractivity contribution < 1.29 is 14.6 Å². The van der Waals surface area contributed by atoms with Crippen molar-refractivity contribution in [1.82, 2.24) is 0 Å². The summed E-state index contributed by atoms with van der Waals surface area (Å²) in [5.74, 6) is 0.230. The monoisotopic (exact) mass is 210 g/mol. The van der Waals surface area contributed by atoms with E-state index in [9.17, 15) is 9.90 Å². The first-order valence-corrected chi connectivity index (χ1v) is 5.27. The maximum absolute atomic E-state index is 11.7. The number of hydrogen-bond donors (Lipinski definition) is 1. The minimum Gasteiger partial charge on any atom is -0.497 e. The Labute approximate surface area is 90.4 Å².